The molecule has 0 amide bonds. The van der Waals surface area contributed by atoms with E-state index < -0.39 is 11.7 Å². The van der Waals surface area contributed by atoms with Gasteiger partial charge in [-0.15, -0.1) is 0 Å². The molecule has 0 radical (unpaired) electrons. The number of nitrogens with one attached hydrogen (secondary N) is 1. The van der Waals surface area contributed by atoms with Crippen molar-refractivity contribution in [1.29, 1.82) is 0 Å². The first-order valence-corrected chi connectivity index (χ1v) is 6.08. The minimum Gasteiger partial charge on any atom is -0.467 e. The van der Waals surface area contributed by atoms with Crippen LogP contribution in [0.4, 0.5) is 13.2 Å². The van der Waals surface area contributed by atoms with Gasteiger partial charge in [0.05, 0.1) is 17.9 Å². The van der Waals surface area contributed by atoms with Crippen LogP contribution in [-0.2, 0) is 12.6 Å². The van der Waals surface area contributed by atoms with Crippen molar-refractivity contribution in [2.75, 3.05) is 0 Å². The fraction of sp³-hybridized carbons (Fsp3) is 0.286. The first-order valence-electron chi connectivity index (χ1n) is 6.08. The first-order chi connectivity index (χ1) is 9.41. The van der Waals surface area contributed by atoms with Crippen LogP contribution in [0.25, 0.3) is 0 Å². The van der Waals surface area contributed by atoms with Gasteiger partial charge < -0.3 is 4.42 Å². The summed E-state index contributed by atoms with van der Waals surface area (Å²) in [6.45, 7) is 1.86. The van der Waals surface area contributed by atoms with Crippen molar-refractivity contribution in [2.45, 2.75) is 25.6 Å². The molecule has 108 valence electrons. The number of aryl methyl sites for hydroxylation is 1. The number of benzene rings is 1. The number of hydrogen-bond acceptors (Lipinski definition) is 3. The van der Waals surface area contributed by atoms with Crippen LogP contribution in [0.5, 0.6) is 0 Å². The largest absolute Gasteiger partial charge is 0.467 e. The van der Waals surface area contributed by atoms with Gasteiger partial charge in [0.25, 0.3) is 0 Å². The molecule has 1 atom stereocenters. The van der Waals surface area contributed by atoms with Crippen LogP contribution in [0.2, 0.25) is 0 Å². The van der Waals surface area contributed by atoms with Gasteiger partial charge in [-0.3, -0.25) is 5.84 Å². The summed E-state index contributed by atoms with van der Waals surface area (Å²) in [5, 5.41) is 0. The van der Waals surface area contributed by atoms with Gasteiger partial charge >= 0.3 is 6.18 Å². The average molecular weight is 284 g/mol. The highest BCUT2D eigenvalue weighted by atomic mass is 19.4. The van der Waals surface area contributed by atoms with Gasteiger partial charge in [-0.2, -0.15) is 13.2 Å². The molecule has 0 aliphatic rings. The van der Waals surface area contributed by atoms with Crippen molar-refractivity contribution in [1.82, 2.24) is 5.43 Å². The minimum atomic E-state index is -4.34. The Morgan fingerprint density at radius 2 is 2.05 bits per heavy atom. The quantitative estimate of drug-likeness (QED) is 0.668. The zero-order chi connectivity index (χ0) is 14.8. The van der Waals surface area contributed by atoms with E-state index in [1.807, 2.05) is 6.92 Å². The molecule has 0 aliphatic heterocycles. The van der Waals surface area contributed by atoms with Crippen molar-refractivity contribution in [3.8, 4) is 0 Å². The lowest BCUT2D eigenvalue weighted by Crippen LogP contribution is -2.29. The van der Waals surface area contributed by atoms with Gasteiger partial charge in [-0.1, -0.05) is 18.2 Å². The van der Waals surface area contributed by atoms with Crippen molar-refractivity contribution in [3.05, 3.63) is 59.0 Å². The van der Waals surface area contributed by atoms with Gasteiger partial charge in [0, 0.05) is 0 Å². The summed E-state index contributed by atoms with van der Waals surface area (Å²) >= 11 is 0. The van der Waals surface area contributed by atoms with E-state index in [2.05, 4.69) is 5.43 Å². The minimum absolute atomic E-state index is 0.314. The van der Waals surface area contributed by atoms with Crippen LogP contribution < -0.4 is 11.3 Å². The molecule has 3 N–H and O–H groups in total. The van der Waals surface area contributed by atoms with Crippen LogP contribution in [0.1, 0.15) is 28.5 Å². The lowest BCUT2D eigenvalue weighted by molar-refractivity contribution is -0.137. The first kappa shape index (κ1) is 14.6. The van der Waals surface area contributed by atoms with E-state index >= 15 is 0 Å². The molecule has 2 rings (SSSR count). The summed E-state index contributed by atoms with van der Waals surface area (Å²) in [4.78, 5) is 0. The predicted octanol–water partition coefficient (Wildman–Crippen LogP) is 3.35. The zero-order valence-electron chi connectivity index (χ0n) is 10.9. The Kier molecular flexibility index (Phi) is 4.15. The number of alkyl halides is 3. The Hall–Kier alpha value is -1.79. The fourth-order valence-electron chi connectivity index (χ4n) is 2.08. The van der Waals surface area contributed by atoms with E-state index in [9.17, 15) is 13.2 Å². The van der Waals surface area contributed by atoms with E-state index in [0.29, 0.717) is 17.7 Å². The standard InChI is InChI=1S/C14H15F3N2O/c1-9-5-6-20-13(9)12(19-18)8-10-3-2-4-11(7-10)14(15,16)17/h2-7,12,19H,8,18H2,1H3. The molecular formula is C14H15F3N2O. The number of hydrazine groups is 1. The van der Waals surface area contributed by atoms with Crippen LogP contribution >= 0.6 is 0 Å². The monoisotopic (exact) mass is 284 g/mol. The topological polar surface area (TPSA) is 51.2 Å². The highest BCUT2D eigenvalue weighted by Gasteiger charge is 2.30. The van der Waals surface area contributed by atoms with E-state index in [0.717, 1.165) is 17.7 Å². The number of rotatable bonds is 4. The van der Waals surface area contributed by atoms with Crippen LogP contribution in [0, 0.1) is 6.92 Å². The van der Waals surface area contributed by atoms with E-state index in [4.69, 9.17) is 10.3 Å². The predicted molar refractivity (Wildman–Crippen MR) is 68.7 cm³/mol. The second kappa shape index (κ2) is 5.68. The molecule has 0 spiro atoms. The molecule has 1 heterocycles. The smallest absolute Gasteiger partial charge is 0.416 e. The number of furan rings is 1. The van der Waals surface area contributed by atoms with Gasteiger partial charge in [0.2, 0.25) is 0 Å². The molecule has 0 saturated heterocycles. The SMILES string of the molecule is Cc1ccoc1C(Cc1cccc(C(F)(F)F)c1)NN. The molecule has 0 aliphatic carbocycles. The second-order valence-electron chi connectivity index (χ2n) is 4.59. The van der Waals surface area contributed by atoms with E-state index in [-0.39, 0.29) is 6.04 Å². The fourth-order valence-corrected chi connectivity index (χ4v) is 2.08. The summed E-state index contributed by atoms with van der Waals surface area (Å²) < 4.78 is 43.3. The van der Waals surface area contributed by atoms with E-state index in [1.165, 1.54) is 12.3 Å². The Morgan fingerprint density at radius 1 is 1.30 bits per heavy atom. The normalized spacial score (nSPS) is 13.4. The third kappa shape index (κ3) is 3.20. The average Bonchev–Trinajstić information content (AvgIpc) is 2.81. The van der Waals surface area contributed by atoms with Crippen molar-refractivity contribution < 1.29 is 17.6 Å². The molecular weight excluding hydrogens is 269 g/mol. The number of hydrogen-bond donors (Lipinski definition) is 2. The molecule has 1 unspecified atom stereocenters. The Labute approximate surface area is 114 Å². The summed E-state index contributed by atoms with van der Waals surface area (Å²) in [5.74, 6) is 6.10. The maximum atomic E-state index is 12.7. The molecule has 0 bridgehead atoms. The highest BCUT2D eigenvalue weighted by molar-refractivity contribution is 5.28. The lowest BCUT2D eigenvalue weighted by Gasteiger charge is -2.15. The van der Waals surface area contributed by atoms with Crippen molar-refractivity contribution >= 4 is 0 Å². The van der Waals surface area contributed by atoms with Crippen LogP contribution in [-0.4, -0.2) is 0 Å². The molecule has 1 aromatic carbocycles. The third-order valence-corrected chi connectivity index (χ3v) is 3.11. The summed E-state index contributed by atoms with van der Waals surface area (Å²) in [7, 11) is 0. The van der Waals surface area contributed by atoms with E-state index in [1.54, 1.807) is 12.1 Å². The summed E-state index contributed by atoms with van der Waals surface area (Å²) in [6, 6.07) is 6.62. The Morgan fingerprint density at radius 3 is 2.60 bits per heavy atom. The molecule has 0 saturated carbocycles. The molecule has 1 aromatic heterocycles. The Bertz CT molecular complexity index is 578. The number of nitrogens with two attached hydrogens (primary N) is 1. The highest BCUT2D eigenvalue weighted by Crippen LogP contribution is 2.30. The maximum absolute atomic E-state index is 12.7. The van der Waals surface area contributed by atoms with Gasteiger partial charge in [-0.25, -0.2) is 5.43 Å². The maximum Gasteiger partial charge on any atom is 0.416 e. The van der Waals surface area contributed by atoms with Gasteiger partial charge in [0.1, 0.15) is 5.76 Å². The van der Waals surface area contributed by atoms with Gasteiger partial charge in [0.15, 0.2) is 0 Å². The summed E-state index contributed by atoms with van der Waals surface area (Å²) in [5.41, 5.74) is 3.36. The van der Waals surface area contributed by atoms with Crippen molar-refractivity contribution in [3.63, 3.8) is 0 Å². The van der Waals surface area contributed by atoms with Crippen LogP contribution in [0.15, 0.2) is 41.0 Å². The zero-order valence-corrected chi connectivity index (χ0v) is 10.9. The van der Waals surface area contributed by atoms with Crippen molar-refractivity contribution in [2.24, 2.45) is 5.84 Å². The second-order valence-corrected chi connectivity index (χ2v) is 4.59. The molecule has 2 aromatic rings. The third-order valence-electron chi connectivity index (χ3n) is 3.11. The molecule has 3 nitrogen and oxygen atoms in total. The Balaban J connectivity index is 2.23. The number of halogens is 3. The van der Waals surface area contributed by atoms with Crippen LogP contribution in [0.3, 0.4) is 0 Å². The molecule has 6 heteroatoms. The van der Waals surface area contributed by atoms with Gasteiger partial charge in [-0.05, 0) is 36.6 Å². The molecule has 0 fully saturated rings. The lowest BCUT2D eigenvalue weighted by atomic mass is 10.0. The summed E-state index contributed by atoms with van der Waals surface area (Å²) in [6.07, 6.45) is -2.50. The molecule has 20 heavy (non-hydrogen) atoms.